The van der Waals surface area contributed by atoms with Gasteiger partial charge in [-0.1, -0.05) is 6.42 Å². The molecule has 0 spiro atoms. The van der Waals surface area contributed by atoms with Crippen molar-refractivity contribution in [3.63, 3.8) is 0 Å². The summed E-state index contributed by atoms with van der Waals surface area (Å²) >= 11 is 0. The van der Waals surface area contributed by atoms with Crippen molar-refractivity contribution in [2.45, 2.75) is 24.2 Å². The molecule has 0 saturated carbocycles. The van der Waals surface area contributed by atoms with E-state index in [4.69, 9.17) is 4.74 Å². The van der Waals surface area contributed by atoms with Gasteiger partial charge in [0.2, 0.25) is 10.0 Å². The van der Waals surface area contributed by atoms with E-state index in [1.165, 1.54) is 60.4 Å². The number of pyridine rings is 1. The van der Waals surface area contributed by atoms with Crippen LogP contribution in [-0.4, -0.2) is 52.9 Å². The first-order valence-electron chi connectivity index (χ1n) is 10.7. The van der Waals surface area contributed by atoms with E-state index in [-0.39, 0.29) is 33.1 Å². The van der Waals surface area contributed by atoms with Crippen LogP contribution in [0.1, 0.15) is 29.8 Å². The van der Waals surface area contributed by atoms with E-state index in [0.29, 0.717) is 13.1 Å². The van der Waals surface area contributed by atoms with Crippen molar-refractivity contribution in [1.29, 1.82) is 0 Å². The molecule has 4 rings (SSSR count). The Hall–Kier alpha value is -3.51. The van der Waals surface area contributed by atoms with Crippen molar-refractivity contribution in [3.8, 4) is 5.75 Å². The minimum absolute atomic E-state index is 0.0351. The van der Waals surface area contributed by atoms with Gasteiger partial charge in [-0.25, -0.2) is 18.2 Å². The van der Waals surface area contributed by atoms with Gasteiger partial charge in [-0.05, 0) is 43.2 Å². The number of sulfonamides is 1. The first kappa shape index (κ1) is 23.6. The number of amides is 1. The number of carbonyl (C=O) groups is 1. The van der Waals surface area contributed by atoms with Crippen LogP contribution in [0.4, 0.5) is 5.69 Å². The molecule has 0 aliphatic carbocycles. The van der Waals surface area contributed by atoms with E-state index in [2.05, 4.69) is 10.3 Å². The molecule has 1 fully saturated rings. The topological polar surface area (TPSA) is 133 Å². The molecule has 1 amide bonds. The molecule has 1 aliphatic heterocycles. The smallest absolute Gasteiger partial charge is 0.332 e. The SMILES string of the molecule is COc1ccc(NC(=O)c2ccc3c(=O)n(C)c(=O)n(C)c3n2)cc1S(=O)(=O)N1CCCCC1. The van der Waals surface area contributed by atoms with Crippen molar-refractivity contribution in [1.82, 2.24) is 18.4 Å². The summed E-state index contributed by atoms with van der Waals surface area (Å²) in [6, 6.07) is 7.16. The van der Waals surface area contributed by atoms with Crippen molar-refractivity contribution < 1.29 is 17.9 Å². The molecule has 3 heterocycles. The maximum absolute atomic E-state index is 13.2. The zero-order valence-corrected chi connectivity index (χ0v) is 19.9. The number of anilines is 1. The highest BCUT2D eigenvalue weighted by Gasteiger charge is 2.29. The van der Waals surface area contributed by atoms with Gasteiger partial charge < -0.3 is 10.1 Å². The van der Waals surface area contributed by atoms with E-state index in [1.54, 1.807) is 0 Å². The molecule has 1 aromatic carbocycles. The number of piperidine rings is 1. The van der Waals surface area contributed by atoms with Crippen molar-refractivity contribution >= 4 is 32.7 Å². The number of aryl methyl sites for hydroxylation is 1. The van der Waals surface area contributed by atoms with E-state index < -0.39 is 27.2 Å². The van der Waals surface area contributed by atoms with Gasteiger partial charge in [0.25, 0.3) is 11.5 Å². The summed E-state index contributed by atoms with van der Waals surface area (Å²) in [5, 5.41) is 2.83. The maximum Gasteiger partial charge on any atom is 0.332 e. The Morgan fingerprint density at radius 3 is 2.41 bits per heavy atom. The first-order valence-corrected chi connectivity index (χ1v) is 12.2. The molecule has 0 bridgehead atoms. The van der Waals surface area contributed by atoms with Crippen LogP contribution in [0.5, 0.6) is 5.75 Å². The lowest BCUT2D eigenvalue weighted by atomic mass is 10.2. The number of nitrogens with one attached hydrogen (secondary N) is 1. The summed E-state index contributed by atoms with van der Waals surface area (Å²) in [6.45, 7) is 0.864. The van der Waals surface area contributed by atoms with Gasteiger partial charge in [-0.2, -0.15) is 4.31 Å². The molecule has 3 aromatic rings. The Morgan fingerprint density at radius 2 is 1.74 bits per heavy atom. The van der Waals surface area contributed by atoms with Gasteiger partial charge in [0.1, 0.15) is 22.0 Å². The monoisotopic (exact) mass is 487 g/mol. The fraction of sp³-hybridized carbons (Fsp3) is 0.364. The predicted molar refractivity (Wildman–Crippen MR) is 126 cm³/mol. The number of methoxy groups -OCH3 is 1. The third kappa shape index (κ3) is 4.10. The predicted octanol–water partition coefficient (Wildman–Crippen LogP) is 1.07. The second-order valence-electron chi connectivity index (χ2n) is 8.06. The van der Waals surface area contributed by atoms with Crippen LogP contribution in [0.2, 0.25) is 0 Å². The summed E-state index contributed by atoms with van der Waals surface area (Å²) in [6.07, 6.45) is 2.56. The highest BCUT2D eigenvalue weighted by molar-refractivity contribution is 7.89. The minimum atomic E-state index is -3.81. The number of carbonyl (C=O) groups excluding carboxylic acids is 1. The molecule has 0 atom stereocenters. The number of nitrogens with zero attached hydrogens (tertiary/aromatic N) is 4. The van der Waals surface area contributed by atoms with Gasteiger partial charge in [0, 0.05) is 32.9 Å². The van der Waals surface area contributed by atoms with Gasteiger partial charge in [0.15, 0.2) is 0 Å². The normalized spacial score (nSPS) is 14.8. The lowest BCUT2D eigenvalue weighted by molar-refractivity contribution is 0.102. The number of ether oxygens (including phenoxy) is 1. The van der Waals surface area contributed by atoms with E-state index in [0.717, 1.165) is 23.8 Å². The lowest BCUT2D eigenvalue weighted by Gasteiger charge is -2.26. The summed E-state index contributed by atoms with van der Waals surface area (Å²) in [4.78, 5) is 41.6. The number of hydrogen-bond acceptors (Lipinski definition) is 7. The van der Waals surface area contributed by atoms with Gasteiger partial charge in [-0.3, -0.25) is 18.7 Å². The number of aromatic nitrogens is 3. The van der Waals surface area contributed by atoms with Crippen molar-refractivity contribution in [3.05, 3.63) is 56.9 Å². The van der Waals surface area contributed by atoms with Crippen LogP contribution < -0.4 is 21.3 Å². The summed E-state index contributed by atoms with van der Waals surface area (Å²) in [5.74, 6) is -0.445. The Kier molecular flexibility index (Phi) is 6.28. The third-order valence-electron chi connectivity index (χ3n) is 5.89. The zero-order valence-electron chi connectivity index (χ0n) is 19.1. The molecule has 2 aromatic heterocycles. The standard InChI is InChI=1S/C22H25N5O6S/c1-25-19-15(21(29)26(2)22(25)30)8-9-16(24-19)20(28)23-14-7-10-17(33-3)18(13-14)34(31,32)27-11-5-4-6-12-27/h7-10,13H,4-6,11-12H2,1-3H3,(H,23,28). The van der Waals surface area contributed by atoms with Crippen LogP contribution >= 0.6 is 0 Å². The molecular weight excluding hydrogens is 462 g/mol. The summed E-state index contributed by atoms with van der Waals surface area (Å²) in [5.41, 5.74) is -0.803. The Labute approximate surface area is 195 Å². The number of hydrogen-bond donors (Lipinski definition) is 1. The van der Waals surface area contributed by atoms with E-state index in [1.807, 2.05) is 0 Å². The van der Waals surface area contributed by atoms with Gasteiger partial charge in [-0.15, -0.1) is 0 Å². The highest BCUT2D eigenvalue weighted by Crippen LogP contribution is 2.31. The van der Waals surface area contributed by atoms with Crippen molar-refractivity contribution in [2.75, 3.05) is 25.5 Å². The first-order chi connectivity index (χ1) is 16.1. The molecule has 0 unspecified atom stereocenters. The van der Waals surface area contributed by atoms with Crippen LogP contribution in [0.3, 0.4) is 0 Å². The van der Waals surface area contributed by atoms with Crippen LogP contribution in [-0.2, 0) is 24.1 Å². The fourth-order valence-corrected chi connectivity index (χ4v) is 5.67. The molecule has 1 aliphatic rings. The fourth-order valence-electron chi connectivity index (χ4n) is 3.98. The van der Waals surface area contributed by atoms with Crippen molar-refractivity contribution in [2.24, 2.45) is 14.1 Å². The molecule has 1 saturated heterocycles. The number of rotatable bonds is 5. The molecule has 1 N–H and O–H groups in total. The largest absolute Gasteiger partial charge is 0.495 e. The van der Waals surface area contributed by atoms with E-state index in [9.17, 15) is 22.8 Å². The molecule has 12 heteroatoms. The lowest BCUT2D eigenvalue weighted by Crippen LogP contribution is -2.37. The quantitative estimate of drug-likeness (QED) is 0.569. The van der Waals surface area contributed by atoms with Crippen LogP contribution in [0.25, 0.3) is 11.0 Å². The van der Waals surface area contributed by atoms with Gasteiger partial charge in [0.05, 0.1) is 12.5 Å². The van der Waals surface area contributed by atoms with Crippen LogP contribution in [0.15, 0.2) is 44.8 Å². The molecular formula is C22H25N5O6S. The summed E-state index contributed by atoms with van der Waals surface area (Å²) < 4.78 is 35.3. The second kappa shape index (κ2) is 9.03. The molecule has 11 nitrogen and oxygen atoms in total. The third-order valence-corrected chi connectivity index (χ3v) is 7.81. The number of fused-ring (bicyclic) bond motifs is 1. The highest BCUT2D eigenvalue weighted by atomic mass is 32.2. The second-order valence-corrected chi connectivity index (χ2v) is 9.96. The van der Waals surface area contributed by atoms with E-state index >= 15 is 0 Å². The number of benzene rings is 1. The Balaban J connectivity index is 1.69. The molecule has 34 heavy (non-hydrogen) atoms. The van der Waals surface area contributed by atoms with Gasteiger partial charge >= 0.3 is 5.69 Å². The Bertz CT molecular complexity index is 1500. The molecule has 180 valence electrons. The van der Waals surface area contributed by atoms with Crippen LogP contribution in [0, 0.1) is 0 Å². The minimum Gasteiger partial charge on any atom is -0.495 e. The molecule has 0 radical (unpaired) electrons. The zero-order chi connectivity index (χ0) is 24.6. The maximum atomic E-state index is 13.2. The average molecular weight is 488 g/mol. The average Bonchev–Trinajstić information content (AvgIpc) is 2.86. The summed E-state index contributed by atoms with van der Waals surface area (Å²) in [7, 11) is 0.399. The Morgan fingerprint density at radius 1 is 1.03 bits per heavy atom.